The summed E-state index contributed by atoms with van der Waals surface area (Å²) in [5.74, 6) is 1.02. The van der Waals surface area contributed by atoms with Crippen molar-refractivity contribution in [1.29, 1.82) is 0 Å². The van der Waals surface area contributed by atoms with Crippen molar-refractivity contribution in [3.05, 3.63) is 118 Å². The molecule has 0 spiro atoms. The van der Waals surface area contributed by atoms with Gasteiger partial charge >= 0.3 is 256 Å². The summed E-state index contributed by atoms with van der Waals surface area (Å²) in [6, 6.07) is 32.3. The van der Waals surface area contributed by atoms with Gasteiger partial charge in [-0.15, -0.1) is 24.8 Å². The van der Waals surface area contributed by atoms with Gasteiger partial charge in [0.2, 0.25) is 0 Å². The Kier molecular flexibility index (Phi) is 8.77. The van der Waals surface area contributed by atoms with E-state index in [0.29, 0.717) is 6.04 Å². The Morgan fingerprint density at radius 3 is 2.11 bits per heavy atom. The summed E-state index contributed by atoms with van der Waals surface area (Å²) in [6.45, 7) is 11.7. The van der Waals surface area contributed by atoms with Crippen LogP contribution >= 0.6 is 24.8 Å². The maximum atomic E-state index is 7.51. The molecule has 2 nitrogen and oxygen atoms in total. The predicted octanol–water partition coefficient (Wildman–Crippen LogP) is 10.0. The van der Waals surface area contributed by atoms with Gasteiger partial charge < -0.3 is 0 Å². The zero-order valence-corrected chi connectivity index (χ0v) is 31.5. The maximum Gasteiger partial charge on any atom is -0.147 e. The second-order valence-electron chi connectivity index (χ2n) is 14.4. The van der Waals surface area contributed by atoms with Crippen LogP contribution in [0.25, 0.3) is 26.1 Å². The normalized spacial score (nSPS) is 18.7. The van der Waals surface area contributed by atoms with Gasteiger partial charge in [-0.25, -0.2) is 0 Å². The summed E-state index contributed by atoms with van der Waals surface area (Å²) in [6.07, 6.45) is 2.60. The molecule has 0 saturated carbocycles. The zero-order chi connectivity index (χ0) is 29.5. The Balaban J connectivity index is 0.00000192. The van der Waals surface area contributed by atoms with E-state index in [2.05, 4.69) is 136 Å². The van der Waals surface area contributed by atoms with Gasteiger partial charge in [-0.1, -0.05) is 0 Å². The second kappa shape index (κ2) is 11.6. The molecule has 4 aromatic rings. The molecule has 0 amide bonds. The van der Waals surface area contributed by atoms with Gasteiger partial charge in [0.15, 0.2) is 0 Å². The smallest absolute Gasteiger partial charge is 0.147 e. The summed E-state index contributed by atoms with van der Waals surface area (Å²) in [5.41, 5.74) is 13.6. The molecule has 1 heterocycles. The fourth-order valence-corrected chi connectivity index (χ4v) is 16.2. The molecule has 0 bridgehead atoms. The molecule has 3 aliphatic rings. The summed E-state index contributed by atoms with van der Waals surface area (Å²) in [5, 5.41) is 4.95. The molecular weight excluding hydrogens is 633 g/mol. The van der Waals surface area contributed by atoms with Crippen molar-refractivity contribution in [2.24, 2.45) is 0 Å². The molecule has 230 valence electrons. The monoisotopic (exact) mass is 677 g/mol. The molecule has 0 radical (unpaired) electrons. The summed E-state index contributed by atoms with van der Waals surface area (Å²) >= 11 is -3.70. The van der Waals surface area contributed by atoms with Gasteiger partial charge in [-0.3, -0.25) is 0 Å². The van der Waals surface area contributed by atoms with Crippen molar-refractivity contribution in [2.75, 3.05) is 13.1 Å². The van der Waals surface area contributed by atoms with E-state index in [1.165, 1.54) is 85.5 Å². The number of aryl methyl sites for hydroxylation is 1. The minimum absolute atomic E-state index is 0. The van der Waals surface area contributed by atoms with Crippen LogP contribution in [-0.4, -0.2) is 25.6 Å². The number of halogens is 2. The van der Waals surface area contributed by atoms with Crippen molar-refractivity contribution in [2.45, 2.75) is 62.5 Å². The van der Waals surface area contributed by atoms with Crippen LogP contribution in [0.4, 0.5) is 0 Å². The fraction of sp³-hybridized carbons (Fsp3) is 0.316. The fourth-order valence-electron chi connectivity index (χ4n) is 8.28. The number of likely N-dealkylation sites (tertiary alicyclic amines) is 1. The van der Waals surface area contributed by atoms with Crippen molar-refractivity contribution in [1.82, 2.24) is 4.90 Å². The molecule has 44 heavy (non-hydrogen) atoms. The van der Waals surface area contributed by atoms with Gasteiger partial charge in [0.1, 0.15) is 0 Å². The average Bonchev–Trinajstić information content (AvgIpc) is 3.64. The molecule has 0 aromatic heterocycles. The first-order valence-corrected chi connectivity index (χ1v) is 24.2. The van der Waals surface area contributed by atoms with Crippen molar-refractivity contribution >= 4 is 36.3 Å². The van der Waals surface area contributed by atoms with Crippen LogP contribution in [0.1, 0.15) is 67.5 Å². The standard InChI is InChI=1S/C22H20O.C14H16N.2CH3.2ClH.H2Si.Ti/c1-14-8-11-21(23)18(12-14)15-9-10-17-16-6-4-5-7-19(16)22(2,3)20(17)13-15;1-11-10-12-6-2-3-7-13(12)14(11)15-8-4-5-9-15;;;;;;/h4-13,23H,1-3H3;2-3,6-7,14H,4-5,8-9H2,1H3;2*1H3;2*1H;1H2;/q;;;;;;;+1/p-1. The van der Waals surface area contributed by atoms with E-state index in [-0.39, 0.29) is 30.2 Å². The molecule has 6 heteroatoms. The number of fused-ring (bicyclic) bond motifs is 4. The van der Waals surface area contributed by atoms with Crippen LogP contribution in [0, 0.1) is 6.92 Å². The van der Waals surface area contributed by atoms with Crippen LogP contribution in [0.2, 0.25) is 10.5 Å². The molecule has 1 aliphatic heterocycles. The Hall–Kier alpha value is -2.11. The van der Waals surface area contributed by atoms with Crippen LogP contribution in [0.3, 0.4) is 0 Å². The number of rotatable bonds is 5. The van der Waals surface area contributed by atoms with Crippen LogP contribution in [0.5, 0.6) is 5.75 Å². The van der Waals surface area contributed by atoms with Crippen molar-refractivity contribution in [3.63, 3.8) is 0 Å². The van der Waals surface area contributed by atoms with E-state index in [1.54, 1.807) is 0 Å². The van der Waals surface area contributed by atoms with Gasteiger partial charge in [0.05, 0.1) is 0 Å². The van der Waals surface area contributed by atoms with Gasteiger partial charge in [-0.05, 0) is 0 Å². The number of benzene rings is 4. The number of hydrogen-bond acceptors (Lipinski definition) is 2. The number of nitrogens with zero attached hydrogens (tertiary/aromatic N) is 1. The van der Waals surface area contributed by atoms with Crippen LogP contribution in [-0.2, 0) is 19.8 Å². The summed E-state index contributed by atoms with van der Waals surface area (Å²) in [4.78, 5) is 2.70. The Morgan fingerprint density at radius 2 is 1.39 bits per heavy atom. The van der Waals surface area contributed by atoms with Gasteiger partial charge in [0, 0.05) is 0 Å². The molecule has 1 atom stereocenters. The van der Waals surface area contributed by atoms with Crippen LogP contribution < -0.4 is 3.32 Å². The maximum absolute atomic E-state index is 7.51. The number of hydrogen-bond donors (Lipinski definition) is 0. The first-order chi connectivity index (χ1) is 19.9. The third-order valence-corrected chi connectivity index (χ3v) is 17.0. The molecule has 1 unspecified atom stereocenters. The molecule has 7 rings (SSSR count). The first kappa shape index (κ1) is 33.3. The zero-order valence-electron chi connectivity index (χ0n) is 26.9. The Bertz CT molecular complexity index is 1860. The third kappa shape index (κ3) is 5.28. The molecule has 0 N–H and O–H groups in total. The predicted molar refractivity (Wildman–Crippen MR) is 192 cm³/mol. The van der Waals surface area contributed by atoms with Crippen LogP contribution in [0.15, 0.2) is 90.5 Å². The minimum atomic E-state index is -3.70. The SMILES string of the molecule is CC1=[C]([Ti]([CH3])([CH3])(=[SiH2])[O]c2ccc(C)cc2-c2ccc3c(c2)C(C)(C)c2ccccc2-3)c2ccccc2C1N1CCCC1.Cl.Cl. The van der Waals surface area contributed by atoms with E-state index in [9.17, 15) is 0 Å². The topological polar surface area (TPSA) is 12.5 Å². The van der Waals surface area contributed by atoms with Crippen molar-refractivity contribution in [3.8, 4) is 28.0 Å². The Morgan fingerprint density at radius 1 is 0.750 bits per heavy atom. The molecule has 1 fully saturated rings. The van der Waals surface area contributed by atoms with E-state index in [4.69, 9.17) is 3.32 Å². The quantitative estimate of drug-likeness (QED) is 0.195. The minimum Gasteiger partial charge on any atom is -0.147 e. The largest absolute Gasteiger partial charge is 0.147 e. The van der Waals surface area contributed by atoms with E-state index in [1.807, 2.05) is 0 Å². The molecule has 2 aliphatic carbocycles. The molecular formula is C38H45Cl2NOSiTi. The third-order valence-electron chi connectivity index (χ3n) is 10.1. The van der Waals surface area contributed by atoms with Crippen molar-refractivity contribution < 1.29 is 17.7 Å². The van der Waals surface area contributed by atoms with Gasteiger partial charge in [0.25, 0.3) is 0 Å². The Labute approximate surface area is 279 Å². The van der Waals surface area contributed by atoms with Gasteiger partial charge in [-0.2, -0.15) is 0 Å². The molecule has 1 saturated heterocycles. The van der Waals surface area contributed by atoms with E-state index < -0.39 is 14.4 Å². The van der Waals surface area contributed by atoms with E-state index >= 15 is 0 Å². The average molecular weight is 679 g/mol. The molecule has 4 aromatic carbocycles. The first-order valence-electron chi connectivity index (χ1n) is 15.6. The second-order valence-corrected chi connectivity index (χ2v) is 31.9. The summed E-state index contributed by atoms with van der Waals surface area (Å²) < 4.78 is 9.04. The van der Waals surface area contributed by atoms with E-state index in [0.717, 1.165) is 5.75 Å². The summed E-state index contributed by atoms with van der Waals surface area (Å²) in [7, 11) is 2.18.